The highest BCUT2D eigenvalue weighted by molar-refractivity contribution is 6.34. The third-order valence-corrected chi connectivity index (χ3v) is 6.95. The maximum atomic E-state index is 12.3. The lowest BCUT2D eigenvalue weighted by Crippen LogP contribution is -2.41. The summed E-state index contributed by atoms with van der Waals surface area (Å²) in [6.07, 6.45) is 3.96. The second-order valence-electron chi connectivity index (χ2n) is 9.20. The molecule has 180 valence electrons. The smallest absolute Gasteiger partial charge is 0.319 e. The van der Waals surface area contributed by atoms with Crippen molar-refractivity contribution in [3.05, 3.63) is 59.1 Å². The molecule has 8 heteroatoms. The zero-order chi connectivity index (χ0) is 24.2. The Balaban J connectivity index is 1.43. The molecule has 0 atom stereocenters. The standard InChI is InChI=1S/C26H33ClN6O/c1-32(2)23-14-24(31-22-9-4-3-7-20(22)23)30-19-12-10-17(11-13-19)16-33(26(29)34)25-18(15-28)6-5-8-21(25)27/h3-9,14,17,19H,10-13,15-16,28H2,1-2H3,(H2,29,34)(H,30,31). The van der Waals surface area contributed by atoms with E-state index in [2.05, 4.69) is 36.4 Å². The molecule has 1 heterocycles. The number of fused-ring (bicyclic) bond motifs is 1. The second kappa shape index (κ2) is 10.5. The molecule has 0 saturated heterocycles. The topological polar surface area (TPSA) is 101 Å². The number of pyridine rings is 1. The van der Waals surface area contributed by atoms with Crippen molar-refractivity contribution >= 4 is 45.7 Å². The molecule has 34 heavy (non-hydrogen) atoms. The van der Waals surface area contributed by atoms with E-state index in [4.69, 9.17) is 28.1 Å². The van der Waals surface area contributed by atoms with E-state index in [1.807, 2.05) is 30.3 Å². The molecular weight excluding hydrogens is 448 g/mol. The predicted molar refractivity (Wildman–Crippen MR) is 142 cm³/mol. The summed E-state index contributed by atoms with van der Waals surface area (Å²) in [4.78, 5) is 20.9. The number of halogens is 1. The van der Waals surface area contributed by atoms with Crippen LogP contribution in [0.3, 0.4) is 0 Å². The first kappa shape index (κ1) is 24.1. The van der Waals surface area contributed by atoms with Crippen LogP contribution in [0.4, 0.5) is 22.0 Å². The summed E-state index contributed by atoms with van der Waals surface area (Å²) in [5.41, 5.74) is 15.2. The third kappa shape index (κ3) is 5.21. The van der Waals surface area contributed by atoms with Crippen molar-refractivity contribution in [2.45, 2.75) is 38.3 Å². The van der Waals surface area contributed by atoms with Gasteiger partial charge in [-0.2, -0.15) is 0 Å². The Morgan fingerprint density at radius 2 is 1.85 bits per heavy atom. The maximum Gasteiger partial charge on any atom is 0.319 e. The maximum absolute atomic E-state index is 12.3. The molecule has 1 aliphatic rings. The Bertz CT molecular complexity index is 1160. The van der Waals surface area contributed by atoms with Gasteiger partial charge in [-0.25, -0.2) is 9.78 Å². The van der Waals surface area contributed by atoms with Gasteiger partial charge >= 0.3 is 6.03 Å². The van der Waals surface area contributed by atoms with E-state index in [-0.39, 0.29) is 0 Å². The van der Waals surface area contributed by atoms with Crippen LogP contribution in [0.15, 0.2) is 48.5 Å². The molecule has 5 N–H and O–H groups in total. The van der Waals surface area contributed by atoms with Crippen LogP contribution in [0.25, 0.3) is 10.9 Å². The second-order valence-corrected chi connectivity index (χ2v) is 9.61. The van der Waals surface area contributed by atoms with Gasteiger partial charge in [0, 0.05) is 50.4 Å². The Morgan fingerprint density at radius 3 is 2.53 bits per heavy atom. The van der Waals surface area contributed by atoms with E-state index < -0.39 is 6.03 Å². The Kier molecular flexibility index (Phi) is 7.44. The number of hydrogen-bond donors (Lipinski definition) is 3. The number of carbonyl (C=O) groups excluding carboxylic acids is 1. The molecule has 7 nitrogen and oxygen atoms in total. The normalized spacial score (nSPS) is 18.0. The lowest BCUT2D eigenvalue weighted by Gasteiger charge is -2.33. The average molecular weight is 481 g/mol. The molecule has 0 bridgehead atoms. The molecule has 1 saturated carbocycles. The Labute approximate surface area is 206 Å². The number of amides is 2. The minimum absolute atomic E-state index is 0.296. The fraction of sp³-hybridized carbons (Fsp3) is 0.385. The van der Waals surface area contributed by atoms with Gasteiger partial charge in [0.2, 0.25) is 0 Å². The molecular formula is C26H33ClN6O. The van der Waals surface area contributed by atoms with Gasteiger partial charge in [0.1, 0.15) is 5.82 Å². The van der Waals surface area contributed by atoms with Crippen molar-refractivity contribution in [2.24, 2.45) is 17.4 Å². The lowest BCUT2D eigenvalue weighted by molar-refractivity contribution is 0.250. The van der Waals surface area contributed by atoms with Crippen molar-refractivity contribution in [3.63, 3.8) is 0 Å². The predicted octanol–water partition coefficient (Wildman–Crippen LogP) is 4.97. The SMILES string of the molecule is CN(C)c1cc(NC2CCC(CN(C(N)=O)c3c(Cl)cccc3CN)CC2)nc2ccccc12. The number of para-hydroxylation sites is 2. The highest BCUT2D eigenvalue weighted by atomic mass is 35.5. The van der Waals surface area contributed by atoms with Gasteiger partial charge in [-0.3, -0.25) is 4.90 Å². The minimum atomic E-state index is -0.500. The van der Waals surface area contributed by atoms with Crippen LogP contribution in [0.1, 0.15) is 31.2 Å². The van der Waals surface area contributed by atoms with E-state index in [1.165, 1.54) is 0 Å². The molecule has 2 amide bonds. The molecule has 0 aliphatic heterocycles. The molecule has 0 unspecified atom stereocenters. The Morgan fingerprint density at radius 1 is 1.12 bits per heavy atom. The molecule has 4 rings (SSSR count). The number of rotatable bonds is 7. The lowest BCUT2D eigenvalue weighted by atomic mass is 9.85. The Hall–Kier alpha value is -3.03. The van der Waals surface area contributed by atoms with Crippen LogP contribution in [-0.2, 0) is 6.54 Å². The fourth-order valence-corrected chi connectivity index (χ4v) is 5.17. The van der Waals surface area contributed by atoms with E-state index in [0.29, 0.717) is 35.8 Å². The summed E-state index contributed by atoms with van der Waals surface area (Å²) < 4.78 is 0. The van der Waals surface area contributed by atoms with E-state index in [9.17, 15) is 4.79 Å². The number of aromatic nitrogens is 1. The van der Waals surface area contributed by atoms with Gasteiger partial charge in [-0.15, -0.1) is 0 Å². The molecule has 1 aromatic heterocycles. The van der Waals surface area contributed by atoms with E-state index >= 15 is 0 Å². The van der Waals surface area contributed by atoms with Gasteiger partial charge in [0.25, 0.3) is 0 Å². The van der Waals surface area contributed by atoms with Gasteiger partial charge in [0.15, 0.2) is 0 Å². The average Bonchev–Trinajstić information content (AvgIpc) is 2.83. The number of nitrogens with two attached hydrogens (primary N) is 2. The summed E-state index contributed by atoms with van der Waals surface area (Å²) >= 11 is 6.43. The van der Waals surface area contributed by atoms with Gasteiger partial charge < -0.3 is 21.7 Å². The third-order valence-electron chi connectivity index (χ3n) is 6.64. The summed E-state index contributed by atoms with van der Waals surface area (Å²) in [5, 5.41) is 5.28. The van der Waals surface area contributed by atoms with Crippen molar-refractivity contribution < 1.29 is 4.79 Å². The summed E-state index contributed by atoms with van der Waals surface area (Å²) in [6, 6.07) is 15.7. The summed E-state index contributed by atoms with van der Waals surface area (Å²) in [5.74, 6) is 1.24. The highest BCUT2D eigenvalue weighted by Crippen LogP contribution is 2.34. The van der Waals surface area contributed by atoms with Crippen molar-refractivity contribution in [2.75, 3.05) is 35.8 Å². The van der Waals surface area contributed by atoms with Crippen LogP contribution in [0, 0.1) is 5.92 Å². The number of carbonyl (C=O) groups is 1. The molecule has 3 aromatic rings. The molecule has 1 aliphatic carbocycles. The number of nitrogens with one attached hydrogen (secondary N) is 1. The number of anilines is 3. The van der Waals surface area contributed by atoms with Crippen LogP contribution in [0.2, 0.25) is 5.02 Å². The first-order valence-electron chi connectivity index (χ1n) is 11.8. The zero-order valence-corrected chi connectivity index (χ0v) is 20.6. The first-order valence-corrected chi connectivity index (χ1v) is 12.1. The molecule has 0 radical (unpaired) electrons. The van der Waals surface area contributed by atoms with Crippen LogP contribution >= 0.6 is 11.6 Å². The zero-order valence-electron chi connectivity index (χ0n) is 19.8. The number of benzene rings is 2. The molecule has 0 spiro atoms. The van der Waals surface area contributed by atoms with Gasteiger partial charge in [-0.1, -0.05) is 41.9 Å². The first-order chi connectivity index (χ1) is 16.4. The van der Waals surface area contributed by atoms with Crippen molar-refractivity contribution in [1.29, 1.82) is 0 Å². The van der Waals surface area contributed by atoms with E-state index in [0.717, 1.165) is 53.7 Å². The van der Waals surface area contributed by atoms with Crippen molar-refractivity contribution in [1.82, 2.24) is 4.98 Å². The fourth-order valence-electron chi connectivity index (χ4n) is 4.88. The molecule has 1 fully saturated rings. The van der Waals surface area contributed by atoms with E-state index in [1.54, 1.807) is 11.0 Å². The quantitative estimate of drug-likeness (QED) is 0.443. The molecule has 2 aromatic carbocycles. The van der Waals surface area contributed by atoms with Crippen LogP contribution < -0.4 is 26.6 Å². The summed E-state index contributed by atoms with van der Waals surface area (Å²) in [6.45, 7) is 0.835. The number of primary amides is 1. The van der Waals surface area contributed by atoms with Gasteiger partial charge in [-0.05, 0) is 49.3 Å². The van der Waals surface area contributed by atoms with Crippen LogP contribution in [0.5, 0.6) is 0 Å². The van der Waals surface area contributed by atoms with Crippen molar-refractivity contribution in [3.8, 4) is 0 Å². The van der Waals surface area contributed by atoms with Gasteiger partial charge in [0.05, 0.1) is 16.2 Å². The number of nitrogens with zero attached hydrogens (tertiary/aromatic N) is 3. The number of urea groups is 1. The monoisotopic (exact) mass is 480 g/mol. The highest BCUT2D eigenvalue weighted by Gasteiger charge is 2.27. The number of hydrogen-bond acceptors (Lipinski definition) is 5. The largest absolute Gasteiger partial charge is 0.377 e. The summed E-state index contributed by atoms with van der Waals surface area (Å²) in [7, 11) is 4.10. The minimum Gasteiger partial charge on any atom is -0.377 e. The van der Waals surface area contributed by atoms with Crippen LogP contribution in [-0.4, -0.2) is 37.7 Å².